The van der Waals surface area contributed by atoms with Gasteiger partial charge in [0.15, 0.2) is 0 Å². The Labute approximate surface area is 100 Å². The van der Waals surface area contributed by atoms with Gasteiger partial charge in [-0.15, -0.1) is 0 Å². The second kappa shape index (κ2) is 5.28. The molecule has 0 bridgehead atoms. The SMILES string of the molecule is CO[Si](OC)(OC)c1cccc(C(=O)O)c1N. The minimum absolute atomic E-state index is 0.00512. The molecular formula is C10H15NO5Si. The van der Waals surface area contributed by atoms with E-state index in [0.717, 1.165) is 0 Å². The number of rotatable bonds is 5. The molecule has 0 saturated carbocycles. The van der Waals surface area contributed by atoms with Crippen LogP contribution in [-0.4, -0.2) is 41.2 Å². The van der Waals surface area contributed by atoms with Crippen LogP contribution >= 0.6 is 0 Å². The van der Waals surface area contributed by atoms with Gasteiger partial charge in [0.05, 0.1) is 11.3 Å². The minimum atomic E-state index is -3.10. The summed E-state index contributed by atoms with van der Waals surface area (Å²) in [5.41, 5.74) is 5.92. The van der Waals surface area contributed by atoms with Gasteiger partial charge in [-0.2, -0.15) is 0 Å². The standard InChI is InChI=1S/C10H15NO5Si/c1-14-17(15-2,16-3)8-6-4-5-7(9(8)11)10(12)13/h4-6H,11H2,1-3H3,(H,12,13). The summed E-state index contributed by atoms with van der Waals surface area (Å²) in [7, 11) is 1.21. The van der Waals surface area contributed by atoms with E-state index in [0.29, 0.717) is 5.19 Å². The third-order valence-corrected chi connectivity index (χ3v) is 5.18. The number of benzene rings is 1. The van der Waals surface area contributed by atoms with Crippen LogP contribution in [0.3, 0.4) is 0 Å². The summed E-state index contributed by atoms with van der Waals surface area (Å²) in [6.45, 7) is 0. The number of anilines is 1. The Hall–Kier alpha value is -1.41. The average Bonchev–Trinajstić information content (AvgIpc) is 2.33. The predicted octanol–water partition coefficient (Wildman–Crippen LogP) is 0.0521. The molecule has 0 radical (unpaired) electrons. The Kier molecular flexibility index (Phi) is 4.24. The van der Waals surface area contributed by atoms with Gasteiger partial charge in [-0.1, -0.05) is 12.1 Å². The van der Waals surface area contributed by atoms with Gasteiger partial charge in [0.2, 0.25) is 0 Å². The number of nitrogens with two attached hydrogens (primary N) is 1. The largest absolute Gasteiger partial charge is 0.538 e. The first-order valence-electron chi connectivity index (χ1n) is 4.80. The number of para-hydroxylation sites is 1. The van der Waals surface area contributed by atoms with Crippen molar-refractivity contribution in [3.8, 4) is 0 Å². The molecule has 0 aliphatic rings. The molecule has 1 aromatic carbocycles. The molecule has 1 rings (SSSR count). The average molecular weight is 257 g/mol. The summed E-state index contributed by atoms with van der Waals surface area (Å²) in [6, 6.07) is 4.64. The minimum Gasteiger partial charge on any atom is -0.478 e. The molecule has 94 valence electrons. The number of carboxylic acid groups (broad SMARTS) is 1. The van der Waals surface area contributed by atoms with Crippen LogP contribution in [0.1, 0.15) is 10.4 Å². The van der Waals surface area contributed by atoms with Crippen molar-refractivity contribution in [1.82, 2.24) is 0 Å². The number of nitrogen functional groups attached to an aromatic ring is 1. The molecule has 17 heavy (non-hydrogen) atoms. The fraction of sp³-hybridized carbons (Fsp3) is 0.300. The van der Waals surface area contributed by atoms with E-state index in [4.69, 9.17) is 24.1 Å². The van der Waals surface area contributed by atoms with Gasteiger partial charge < -0.3 is 24.1 Å². The Balaban J connectivity index is 3.40. The van der Waals surface area contributed by atoms with Gasteiger partial charge in [0.25, 0.3) is 0 Å². The summed E-state index contributed by atoms with van der Waals surface area (Å²) in [5, 5.41) is 9.44. The van der Waals surface area contributed by atoms with E-state index in [9.17, 15) is 4.79 Å². The normalized spacial score (nSPS) is 11.5. The van der Waals surface area contributed by atoms with Crippen molar-refractivity contribution in [1.29, 1.82) is 0 Å². The summed E-state index contributed by atoms with van der Waals surface area (Å²) >= 11 is 0. The molecule has 0 amide bonds. The molecule has 6 nitrogen and oxygen atoms in total. The number of hydrogen-bond donors (Lipinski definition) is 2. The van der Waals surface area contributed by atoms with Gasteiger partial charge in [0, 0.05) is 26.5 Å². The van der Waals surface area contributed by atoms with Crippen LogP contribution in [0.15, 0.2) is 18.2 Å². The number of hydrogen-bond acceptors (Lipinski definition) is 5. The van der Waals surface area contributed by atoms with Crippen molar-refractivity contribution in [2.45, 2.75) is 0 Å². The molecule has 3 N–H and O–H groups in total. The highest BCUT2D eigenvalue weighted by atomic mass is 28.4. The highest BCUT2D eigenvalue weighted by Gasteiger charge is 2.43. The fourth-order valence-electron chi connectivity index (χ4n) is 1.60. The van der Waals surface area contributed by atoms with E-state index in [1.54, 1.807) is 12.1 Å². The van der Waals surface area contributed by atoms with Crippen molar-refractivity contribution < 1.29 is 23.2 Å². The molecule has 7 heteroatoms. The molecule has 0 heterocycles. The summed E-state index contributed by atoms with van der Waals surface area (Å²) in [4.78, 5) is 11.0. The zero-order valence-corrected chi connectivity index (χ0v) is 10.9. The zero-order valence-electron chi connectivity index (χ0n) is 9.89. The monoisotopic (exact) mass is 257 g/mol. The molecule has 0 aliphatic heterocycles. The van der Waals surface area contributed by atoms with Crippen molar-refractivity contribution in [2.75, 3.05) is 27.1 Å². The van der Waals surface area contributed by atoms with Crippen LogP contribution in [0.2, 0.25) is 0 Å². The lowest BCUT2D eigenvalue weighted by Crippen LogP contribution is -2.55. The quantitative estimate of drug-likeness (QED) is 0.572. The zero-order chi connectivity index (χ0) is 13.1. The molecule has 0 saturated heterocycles. The van der Waals surface area contributed by atoms with Gasteiger partial charge in [-0.3, -0.25) is 0 Å². The third-order valence-electron chi connectivity index (χ3n) is 2.47. The van der Waals surface area contributed by atoms with Gasteiger partial charge in [0.1, 0.15) is 0 Å². The molecular weight excluding hydrogens is 242 g/mol. The first kappa shape index (κ1) is 13.7. The lowest BCUT2D eigenvalue weighted by Gasteiger charge is -2.26. The highest BCUT2D eigenvalue weighted by molar-refractivity contribution is 6.76. The van der Waals surface area contributed by atoms with Crippen LogP contribution in [-0.2, 0) is 13.3 Å². The molecule has 0 atom stereocenters. The lowest BCUT2D eigenvalue weighted by molar-refractivity contribution is 0.0698. The highest BCUT2D eigenvalue weighted by Crippen LogP contribution is 2.16. The number of aromatic carboxylic acids is 1. The van der Waals surface area contributed by atoms with E-state index in [2.05, 4.69) is 0 Å². The molecule has 0 fully saturated rings. The number of carbonyl (C=O) groups is 1. The topological polar surface area (TPSA) is 91.0 Å². The first-order chi connectivity index (χ1) is 8.02. The second-order valence-electron chi connectivity index (χ2n) is 3.24. The van der Waals surface area contributed by atoms with Crippen molar-refractivity contribution in [2.24, 2.45) is 0 Å². The van der Waals surface area contributed by atoms with Crippen molar-refractivity contribution >= 4 is 25.6 Å². The van der Waals surface area contributed by atoms with Gasteiger partial charge >= 0.3 is 14.8 Å². The molecule has 0 spiro atoms. The summed E-state index contributed by atoms with van der Waals surface area (Å²) < 4.78 is 15.8. The van der Waals surface area contributed by atoms with Gasteiger partial charge in [-0.25, -0.2) is 4.79 Å². The Bertz CT molecular complexity index is 411. The van der Waals surface area contributed by atoms with Crippen molar-refractivity contribution in [3.05, 3.63) is 23.8 Å². The summed E-state index contributed by atoms with van der Waals surface area (Å²) in [6.07, 6.45) is 0. The van der Waals surface area contributed by atoms with E-state index in [-0.39, 0.29) is 11.3 Å². The smallest absolute Gasteiger partial charge is 0.478 e. The molecule has 1 aromatic rings. The van der Waals surface area contributed by atoms with Crippen molar-refractivity contribution in [3.63, 3.8) is 0 Å². The Morgan fingerprint density at radius 3 is 2.18 bits per heavy atom. The maximum atomic E-state index is 11.0. The van der Waals surface area contributed by atoms with E-state index in [1.807, 2.05) is 0 Å². The van der Waals surface area contributed by atoms with Crippen LogP contribution in [0.4, 0.5) is 5.69 Å². The van der Waals surface area contributed by atoms with E-state index < -0.39 is 14.8 Å². The van der Waals surface area contributed by atoms with Gasteiger partial charge in [-0.05, 0) is 6.07 Å². The first-order valence-corrected chi connectivity index (χ1v) is 6.52. The van der Waals surface area contributed by atoms with Crippen LogP contribution in [0.25, 0.3) is 0 Å². The molecule has 0 unspecified atom stereocenters. The fourth-order valence-corrected chi connectivity index (χ4v) is 3.52. The molecule has 0 aromatic heterocycles. The Morgan fingerprint density at radius 2 is 1.76 bits per heavy atom. The third kappa shape index (κ3) is 2.32. The van der Waals surface area contributed by atoms with Crippen LogP contribution in [0, 0.1) is 0 Å². The summed E-state index contributed by atoms with van der Waals surface area (Å²) in [5.74, 6) is -1.10. The maximum Gasteiger partial charge on any atom is 0.538 e. The Morgan fingerprint density at radius 1 is 1.24 bits per heavy atom. The molecule has 0 aliphatic carbocycles. The number of carboxylic acids is 1. The van der Waals surface area contributed by atoms with E-state index >= 15 is 0 Å². The second-order valence-corrected chi connectivity index (χ2v) is 6.12. The van der Waals surface area contributed by atoms with E-state index in [1.165, 1.54) is 27.4 Å². The predicted molar refractivity (Wildman–Crippen MR) is 64.2 cm³/mol. The lowest BCUT2D eigenvalue weighted by atomic mass is 10.2. The van der Waals surface area contributed by atoms with Crippen LogP contribution < -0.4 is 10.9 Å². The maximum absolute atomic E-state index is 11.0. The van der Waals surface area contributed by atoms with Crippen LogP contribution in [0.5, 0.6) is 0 Å².